The van der Waals surface area contributed by atoms with E-state index in [4.69, 9.17) is 4.74 Å². The van der Waals surface area contributed by atoms with Crippen molar-refractivity contribution in [3.63, 3.8) is 0 Å². The number of carbonyl (C=O) groups is 2. The summed E-state index contributed by atoms with van der Waals surface area (Å²) in [5.41, 5.74) is 1.20. The maximum Gasteiger partial charge on any atom is 0.319 e. The molecule has 0 aromatic heterocycles. The number of nitrogens with one attached hydrogen (secondary N) is 2. The van der Waals surface area contributed by atoms with Gasteiger partial charge in [-0.1, -0.05) is 6.07 Å². The molecule has 0 spiro atoms. The van der Waals surface area contributed by atoms with Gasteiger partial charge in [0, 0.05) is 43.0 Å². The molecule has 2 rings (SSSR count). The normalized spacial score (nSPS) is 15.8. The molecule has 0 bridgehead atoms. The van der Waals surface area contributed by atoms with Crippen LogP contribution in [-0.2, 0) is 4.74 Å². The summed E-state index contributed by atoms with van der Waals surface area (Å²) in [6.45, 7) is 3.85. The minimum absolute atomic E-state index is 0.0158. The highest BCUT2D eigenvalue weighted by Crippen LogP contribution is 2.16. The van der Waals surface area contributed by atoms with E-state index in [9.17, 15) is 9.59 Å². The number of thioether (sulfide) groups is 1. The quantitative estimate of drug-likeness (QED) is 0.862. The van der Waals surface area contributed by atoms with Crippen molar-refractivity contribution in [2.75, 3.05) is 43.6 Å². The highest BCUT2D eigenvalue weighted by Gasteiger charge is 2.18. The largest absolute Gasteiger partial charge is 0.383 e. The van der Waals surface area contributed by atoms with E-state index >= 15 is 0 Å². The fourth-order valence-electron chi connectivity index (χ4n) is 2.36. The lowest BCUT2D eigenvalue weighted by Gasteiger charge is -2.26. The minimum Gasteiger partial charge on any atom is -0.383 e. The van der Waals surface area contributed by atoms with Crippen molar-refractivity contribution in [2.45, 2.75) is 13.0 Å². The second-order valence-electron chi connectivity index (χ2n) is 5.44. The maximum absolute atomic E-state index is 12.5. The van der Waals surface area contributed by atoms with E-state index in [1.54, 1.807) is 31.4 Å². The van der Waals surface area contributed by atoms with E-state index in [2.05, 4.69) is 10.6 Å². The summed E-state index contributed by atoms with van der Waals surface area (Å²) >= 11 is 1.86. The average molecular weight is 337 g/mol. The van der Waals surface area contributed by atoms with Gasteiger partial charge in [0.25, 0.3) is 5.91 Å². The molecule has 6 nitrogen and oxygen atoms in total. The predicted octanol–water partition coefficient (Wildman–Crippen LogP) is 2.03. The first-order chi connectivity index (χ1) is 11.1. The van der Waals surface area contributed by atoms with Crippen LogP contribution in [0.3, 0.4) is 0 Å². The zero-order valence-electron chi connectivity index (χ0n) is 13.5. The van der Waals surface area contributed by atoms with Crippen molar-refractivity contribution >= 4 is 29.4 Å². The van der Waals surface area contributed by atoms with Crippen molar-refractivity contribution < 1.29 is 14.3 Å². The van der Waals surface area contributed by atoms with Crippen LogP contribution in [-0.4, -0.2) is 61.2 Å². The second-order valence-corrected chi connectivity index (χ2v) is 6.66. The molecule has 23 heavy (non-hydrogen) atoms. The number of rotatable bonds is 5. The van der Waals surface area contributed by atoms with Gasteiger partial charge >= 0.3 is 6.03 Å². The topological polar surface area (TPSA) is 70.7 Å². The van der Waals surface area contributed by atoms with Crippen LogP contribution >= 0.6 is 11.8 Å². The molecule has 1 aromatic carbocycles. The average Bonchev–Trinajstić information content (AvgIpc) is 2.55. The highest BCUT2D eigenvalue weighted by molar-refractivity contribution is 7.99. The fourth-order valence-corrected chi connectivity index (χ4v) is 3.26. The van der Waals surface area contributed by atoms with Crippen molar-refractivity contribution in [1.82, 2.24) is 10.2 Å². The lowest BCUT2D eigenvalue weighted by molar-refractivity contribution is 0.0772. The molecular formula is C16H23N3O3S. The number of hydrogen-bond donors (Lipinski definition) is 2. The van der Waals surface area contributed by atoms with Crippen LogP contribution in [0.25, 0.3) is 0 Å². The van der Waals surface area contributed by atoms with Gasteiger partial charge in [0.05, 0.1) is 12.6 Å². The summed E-state index contributed by atoms with van der Waals surface area (Å²) in [6.07, 6.45) is 0. The van der Waals surface area contributed by atoms with Gasteiger partial charge in [-0.25, -0.2) is 4.79 Å². The number of nitrogens with zero attached hydrogens (tertiary/aromatic N) is 1. The Labute approximate surface area is 140 Å². The number of benzene rings is 1. The molecule has 1 aliphatic heterocycles. The number of anilines is 1. The molecule has 1 aliphatic rings. The first-order valence-electron chi connectivity index (χ1n) is 7.63. The third-order valence-corrected chi connectivity index (χ3v) is 4.40. The van der Waals surface area contributed by atoms with Crippen LogP contribution in [0.15, 0.2) is 24.3 Å². The lowest BCUT2D eigenvalue weighted by atomic mass is 10.1. The third-order valence-electron chi connectivity index (χ3n) is 3.46. The summed E-state index contributed by atoms with van der Waals surface area (Å²) in [5.74, 6) is 1.97. The van der Waals surface area contributed by atoms with Crippen LogP contribution in [0.5, 0.6) is 0 Å². The Bertz CT molecular complexity index is 547. The van der Waals surface area contributed by atoms with Crippen LogP contribution in [0, 0.1) is 0 Å². The minimum atomic E-state index is -0.312. The second kappa shape index (κ2) is 8.79. The molecule has 1 unspecified atom stereocenters. The van der Waals surface area contributed by atoms with E-state index in [0.717, 1.165) is 24.6 Å². The molecule has 0 saturated carbocycles. The summed E-state index contributed by atoms with van der Waals surface area (Å²) in [7, 11) is 1.59. The van der Waals surface area contributed by atoms with E-state index < -0.39 is 0 Å². The molecule has 126 valence electrons. The van der Waals surface area contributed by atoms with Crippen molar-refractivity contribution in [1.29, 1.82) is 0 Å². The predicted molar refractivity (Wildman–Crippen MR) is 93.2 cm³/mol. The smallest absolute Gasteiger partial charge is 0.319 e. The monoisotopic (exact) mass is 337 g/mol. The van der Waals surface area contributed by atoms with E-state index in [1.807, 2.05) is 23.6 Å². The Balaban J connectivity index is 1.96. The lowest BCUT2D eigenvalue weighted by Crippen LogP contribution is -2.39. The Hall–Kier alpha value is -1.73. The third kappa shape index (κ3) is 5.44. The van der Waals surface area contributed by atoms with Crippen LogP contribution in [0.1, 0.15) is 17.3 Å². The van der Waals surface area contributed by atoms with Crippen molar-refractivity contribution in [3.05, 3.63) is 29.8 Å². The summed E-state index contributed by atoms with van der Waals surface area (Å²) < 4.78 is 4.98. The fraction of sp³-hybridized carbons (Fsp3) is 0.500. The molecule has 0 radical (unpaired) electrons. The Kier molecular flexibility index (Phi) is 6.73. The zero-order valence-corrected chi connectivity index (χ0v) is 14.3. The molecule has 1 saturated heterocycles. The summed E-state index contributed by atoms with van der Waals surface area (Å²) in [5, 5.41) is 5.52. The van der Waals surface area contributed by atoms with E-state index in [-0.39, 0.29) is 18.0 Å². The number of hydrogen-bond acceptors (Lipinski definition) is 4. The molecule has 0 aliphatic carbocycles. The summed E-state index contributed by atoms with van der Waals surface area (Å²) in [4.78, 5) is 26.2. The van der Waals surface area contributed by atoms with Crippen LogP contribution < -0.4 is 10.6 Å². The van der Waals surface area contributed by atoms with Crippen molar-refractivity contribution in [2.24, 2.45) is 0 Å². The summed E-state index contributed by atoms with van der Waals surface area (Å²) in [6, 6.07) is 6.64. The molecule has 1 fully saturated rings. The Morgan fingerprint density at radius 2 is 2.09 bits per heavy atom. The van der Waals surface area contributed by atoms with Gasteiger partial charge < -0.3 is 20.3 Å². The van der Waals surface area contributed by atoms with Gasteiger partial charge in [0.15, 0.2) is 0 Å². The van der Waals surface area contributed by atoms with Gasteiger partial charge in [-0.2, -0.15) is 11.8 Å². The highest BCUT2D eigenvalue weighted by atomic mass is 32.2. The molecular weight excluding hydrogens is 314 g/mol. The van der Waals surface area contributed by atoms with Crippen LogP contribution in [0.2, 0.25) is 0 Å². The molecule has 1 atom stereocenters. The zero-order chi connectivity index (χ0) is 16.7. The number of ether oxygens (including phenoxy) is 1. The first-order valence-corrected chi connectivity index (χ1v) is 8.79. The van der Waals surface area contributed by atoms with Gasteiger partial charge in [-0.05, 0) is 25.1 Å². The Morgan fingerprint density at radius 3 is 2.78 bits per heavy atom. The number of urea groups is 1. The van der Waals surface area contributed by atoms with Gasteiger partial charge in [0.1, 0.15) is 0 Å². The Morgan fingerprint density at radius 1 is 1.35 bits per heavy atom. The standard InChI is InChI=1S/C16H23N3O3S/c1-12(11-22-2)17-16(21)18-14-5-3-4-13(10-14)15(20)19-6-8-23-9-7-19/h3-5,10,12H,6-9,11H2,1-2H3,(H2,17,18,21). The van der Waals surface area contributed by atoms with Crippen LogP contribution in [0.4, 0.5) is 10.5 Å². The number of carbonyl (C=O) groups excluding carboxylic acids is 2. The molecule has 1 heterocycles. The molecule has 3 amide bonds. The number of methoxy groups -OCH3 is 1. The van der Waals surface area contributed by atoms with Crippen molar-refractivity contribution in [3.8, 4) is 0 Å². The van der Waals surface area contributed by atoms with Gasteiger partial charge in [0.2, 0.25) is 0 Å². The van der Waals surface area contributed by atoms with E-state index in [0.29, 0.717) is 17.9 Å². The molecule has 1 aromatic rings. The van der Waals surface area contributed by atoms with Gasteiger partial charge in [-0.15, -0.1) is 0 Å². The SMILES string of the molecule is COCC(C)NC(=O)Nc1cccc(C(=O)N2CCSCC2)c1. The molecule has 2 N–H and O–H groups in total. The van der Waals surface area contributed by atoms with Gasteiger partial charge in [-0.3, -0.25) is 4.79 Å². The first kappa shape index (κ1) is 17.6. The van der Waals surface area contributed by atoms with E-state index in [1.165, 1.54) is 0 Å². The molecule has 7 heteroatoms. The maximum atomic E-state index is 12.5. The number of amides is 3.